The number of anilines is 1. The molecule has 0 bridgehead atoms. The molecule has 4 rings (SSSR count). The van der Waals surface area contributed by atoms with Crippen LogP contribution in [0.2, 0.25) is 0 Å². The summed E-state index contributed by atoms with van der Waals surface area (Å²) in [4.78, 5) is 12.3. The lowest BCUT2D eigenvalue weighted by atomic mass is 10.1. The number of amides is 1. The molecule has 1 heterocycles. The first-order chi connectivity index (χ1) is 14.1. The van der Waals surface area contributed by atoms with Crippen LogP contribution in [-0.4, -0.2) is 5.91 Å². The second-order valence-corrected chi connectivity index (χ2v) is 8.68. The van der Waals surface area contributed by atoms with Gasteiger partial charge in [0, 0.05) is 44.4 Å². The Bertz CT molecular complexity index is 1010. The van der Waals surface area contributed by atoms with Crippen molar-refractivity contribution < 1.29 is 14.3 Å². The first-order valence-electron chi connectivity index (χ1n) is 9.23. The Morgan fingerprint density at radius 1 is 1.14 bits per heavy atom. The molecule has 0 radical (unpaired) electrons. The summed E-state index contributed by atoms with van der Waals surface area (Å²) in [5, 5.41) is 2.79. The lowest BCUT2D eigenvalue weighted by Gasteiger charge is -2.28. The van der Waals surface area contributed by atoms with E-state index in [9.17, 15) is 4.79 Å². The zero-order valence-electron chi connectivity index (χ0n) is 15.9. The van der Waals surface area contributed by atoms with Crippen molar-refractivity contribution in [3.63, 3.8) is 0 Å². The van der Waals surface area contributed by atoms with Gasteiger partial charge in [-0.05, 0) is 36.4 Å². The lowest BCUT2D eigenvalue weighted by Crippen LogP contribution is -2.19. The van der Waals surface area contributed by atoms with Crippen molar-refractivity contribution in [1.82, 2.24) is 0 Å². The highest BCUT2D eigenvalue weighted by Gasteiger charge is 2.24. The van der Waals surface area contributed by atoms with Gasteiger partial charge >= 0.3 is 0 Å². The second kappa shape index (κ2) is 9.03. The Morgan fingerprint density at radius 3 is 2.62 bits per heavy atom. The zero-order chi connectivity index (χ0) is 20.2. The maximum Gasteiger partial charge on any atom is 0.227 e. The number of thioether (sulfide) groups is 1. The Labute approximate surface area is 182 Å². The fourth-order valence-electron chi connectivity index (χ4n) is 3.16. The number of carbonyl (C=O) groups is 1. The van der Waals surface area contributed by atoms with Gasteiger partial charge in [-0.15, -0.1) is 11.8 Å². The van der Waals surface area contributed by atoms with Crippen LogP contribution < -0.4 is 10.1 Å². The molecule has 6 heteroatoms. The Hall–Kier alpha value is -2.28. The van der Waals surface area contributed by atoms with Crippen molar-refractivity contribution in [2.24, 2.45) is 0 Å². The van der Waals surface area contributed by atoms with Crippen LogP contribution >= 0.6 is 27.7 Å². The predicted octanol–water partition coefficient (Wildman–Crippen LogP) is 6.31. The number of fused-ring (bicyclic) bond motifs is 1. The van der Waals surface area contributed by atoms with E-state index in [2.05, 4.69) is 27.3 Å². The van der Waals surface area contributed by atoms with Crippen LogP contribution in [0.1, 0.15) is 29.9 Å². The Balaban J connectivity index is 1.51. The molecule has 148 valence electrons. The number of hydrogen-bond acceptors (Lipinski definition) is 4. The van der Waals surface area contributed by atoms with Gasteiger partial charge in [0.25, 0.3) is 0 Å². The van der Waals surface area contributed by atoms with Crippen LogP contribution in [0.5, 0.6) is 5.75 Å². The Kier molecular flexibility index (Phi) is 6.23. The molecule has 0 aromatic heterocycles. The normalized spacial score (nSPS) is 15.3. The molecule has 29 heavy (non-hydrogen) atoms. The first kappa shape index (κ1) is 20.0. The highest BCUT2D eigenvalue weighted by molar-refractivity contribution is 9.10. The van der Waals surface area contributed by atoms with Crippen LogP contribution in [-0.2, 0) is 21.9 Å². The van der Waals surface area contributed by atoms with E-state index >= 15 is 0 Å². The molecule has 0 fully saturated rings. The van der Waals surface area contributed by atoms with E-state index < -0.39 is 6.29 Å². The zero-order valence-corrected chi connectivity index (χ0v) is 18.3. The first-order valence-corrected chi connectivity index (χ1v) is 11.0. The quantitative estimate of drug-likeness (QED) is 0.444. The molecule has 1 aliphatic rings. The average Bonchev–Trinajstić information content (AvgIpc) is 2.73. The van der Waals surface area contributed by atoms with E-state index in [4.69, 9.17) is 9.47 Å². The predicted molar refractivity (Wildman–Crippen MR) is 119 cm³/mol. The minimum atomic E-state index is -0.398. The molecule has 1 aliphatic heterocycles. The number of hydrogen-bond donors (Lipinski definition) is 1. The molecule has 3 aromatic carbocycles. The maximum absolute atomic E-state index is 11.2. The van der Waals surface area contributed by atoms with Crippen LogP contribution in [0.3, 0.4) is 0 Å². The fourth-order valence-corrected chi connectivity index (χ4v) is 4.58. The van der Waals surface area contributed by atoms with Gasteiger partial charge in [-0.25, -0.2) is 0 Å². The topological polar surface area (TPSA) is 47.6 Å². The summed E-state index contributed by atoms with van der Waals surface area (Å²) in [6.45, 7) is 2.02. The SMILES string of the molecule is CC(=O)Nc1ccc(SCc2cc(Br)cc3c2OC(c2ccccc2)OC3)cc1. The molecular weight excluding hydrogens is 450 g/mol. The van der Waals surface area contributed by atoms with E-state index in [1.165, 1.54) is 6.92 Å². The van der Waals surface area contributed by atoms with Gasteiger partial charge in [0.2, 0.25) is 12.2 Å². The van der Waals surface area contributed by atoms with Crippen molar-refractivity contribution in [3.05, 3.63) is 87.9 Å². The number of ether oxygens (including phenoxy) is 2. The van der Waals surface area contributed by atoms with Crippen molar-refractivity contribution >= 4 is 39.3 Å². The minimum Gasteiger partial charge on any atom is -0.460 e. The van der Waals surface area contributed by atoms with E-state index in [0.717, 1.165) is 43.2 Å². The number of nitrogens with one attached hydrogen (secondary N) is 1. The highest BCUT2D eigenvalue weighted by Crippen LogP contribution is 2.40. The van der Waals surface area contributed by atoms with Crippen molar-refractivity contribution in [2.75, 3.05) is 5.32 Å². The summed E-state index contributed by atoms with van der Waals surface area (Å²) in [7, 11) is 0. The van der Waals surface area contributed by atoms with Crippen LogP contribution in [0.25, 0.3) is 0 Å². The third-order valence-electron chi connectivity index (χ3n) is 4.46. The second-order valence-electron chi connectivity index (χ2n) is 6.72. The minimum absolute atomic E-state index is 0.0708. The van der Waals surface area contributed by atoms with Crippen molar-refractivity contribution in [1.29, 1.82) is 0 Å². The number of rotatable bonds is 5. The lowest BCUT2D eigenvalue weighted by molar-refractivity contribution is -0.114. The van der Waals surface area contributed by atoms with Gasteiger partial charge < -0.3 is 14.8 Å². The monoisotopic (exact) mass is 469 g/mol. The molecule has 4 nitrogen and oxygen atoms in total. The van der Waals surface area contributed by atoms with Gasteiger partial charge in [-0.1, -0.05) is 46.3 Å². The molecule has 0 aliphatic carbocycles. The molecule has 0 spiro atoms. The van der Waals surface area contributed by atoms with Crippen LogP contribution in [0.4, 0.5) is 5.69 Å². The fraction of sp³-hybridized carbons (Fsp3) is 0.174. The molecule has 3 aromatic rings. The molecule has 0 saturated carbocycles. The number of halogens is 1. The van der Waals surface area contributed by atoms with Crippen molar-refractivity contribution in [2.45, 2.75) is 30.5 Å². The van der Waals surface area contributed by atoms with E-state index in [-0.39, 0.29) is 5.91 Å². The molecular formula is C23H20BrNO3S. The molecule has 0 saturated heterocycles. The van der Waals surface area contributed by atoms with Gasteiger partial charge in [-0.2, -0.15) is 0 Å². The average molecular weight is 470 g/mol. The van der Waals surface area contributed by atoms with Crippen LogP contribution in [0, 0.1) is 0 Å². The third kappa shape index (κ3) is 5.01. The molecule has 1 amide bonds. The van der Waals surface area contributed by atoms with Crippen molar-refractivity contribution in [3.8, 4) is 5.75 Å². The largest absolute Gasteiger partial charge is 0.460 e. The molecule has 1 atom stereocenters. The Morgan fingerprint density at radius 2 is 1.90 bits per heavy atom. The molecule has 1 unspecified atom stereocenters. The number of benzene rings is 3. The summed E-state index contributed by atoms with van der Waals surface area (Å²) < 4.78 is 13.2. The summed E-state index contributed by atoms with van der Waals surface area (Å²) in [6, 6.07) is 22.0. The van der Waals surface area contributed by atoms with E-state index in [1.807, 2.05) is 60.7 Å². The molecule has 1 N–H and O–H groups in total. The summed E-state index contributed by atoms with van der Waals surface area (Å²) in [5.41, 5.74) is 3.97. The van der Waals surface area contributed by atoms with Gasteiger partial charge in [0.15, 0.2) is 0 Å². The smallest absolute Gasteiger partial charge is 0.227 e. The summed E-state index contributed by atoms with van der Waals surface area (Å²) >= 11 is 5.32. The maximum atomic E-state index is 11.2. The third-order valence-corrected chi connectivity index (χ3v) is 5.98. The van der Waals surface area contributed by atoms with Gasteiger partial charge in [0.05, 0.1) is 6.61 Å². The summed E-state index contributed by atoms with van der Waals surface area (Å²) in [6.07, 6.45) is -0.398. The standard InChI is InChI=1S/C23H20BrNO3S/c1-15(26)25-20-7-9-21(10-8-20)29-14-18-12-19(24)11-17-13-27-23(28-22(17)18)16-5-3-2-4-6-16/h2-12,23H,13-14H2,1H3,(H,25,26). The number of carbonyl (C=O) groups excluding carboxylic acids is 1. The highest BCUT2D eigenvalue weighted by atomic mass is 79.9. The van der Waals surface area contributed by atoms with E-state index in [1.54, 1.807) is 11.8 Å². The van der Waals surface area contributed by atoms with Gasteiger partial charge in [0.1, 0.15) is 5.75 Å². The van der Waals surface area contributed by atoms with Gasteiger partial charge in [-0.3, -0.25) is 4.79 Å². The van der Waals surface area contributed by atoms with E-state index in [0.29, 0.717) is 6.61 Å². The summed E-state index contributed by atoms with van der Waals surface area (Å²) in [5.74, 6) is 1.59. The van der Waals surface area contributed by atoms with Crippen LogP contribution in [0.15, 0.2) is 76.1 Å².